The number of imidazole rings is 1. The number of carboxylic acids is 1. The van der Waals surface area contributed by atoms with E-state index in [9.17, 15) is 4.79 Å². The second-order valence-electron chi connectivity index (χ2n) is 4.41. The van der Waals surface area contributed by atoms with E-state index < -0.39 is 5.97 Å². The minimum absolute atomic E-state index is 0.279. The summed E-state index contributed by atoms with van der Waals surface area (Å²) in [6.07, 6.45) is 3.91. The van der Waals surface area contributed by atoms with Crippen molar-refractivity contribution in [3.05, 3.63) is 30.1 Å². The molecule has 1 aromatic carbocycles. The molecule has 1 heterocycles. The Labute approximate surface area is 111 Å². The molecule has 5 heteroatoms. The molecule has 1 N–H and O–H groups in total. The van der Waals surface area contributed by atoms with Crippen LogP contribution >= 0.6 is 0 Å². The highest BCUT2D eigenvalue weighted by Crippen LogP contribution is 2.15. The molecule has 102 valence electrons. The quantitative estimate of drug-likeness (QED) is 0.779. The zero-order valence-electron chi connectivity index (χ0n) is 11.0. The summed E-state index contributed by atoms with van der Waals surface area (Å²) in [6, 6.07) is 4.95. The van der Waals surface area contributed by atoms with Crippen molar-refractivity contribution in [1.29, 1.82) is 0 Å². The van der Waals surface area contributed by atoms with Gasteiger partial charge in [0.15, 0.2) is 0 Å². The van der Waals surface area contributed by atoms with Crippen LogP contribution in [0.25, 0.3) is 11.0 Å². The van der Waals surface area contributed by atoms with Gasteiger partial charge in [0.1, 0.15) is 0 Å². The van der Waals surface area contributed by atoms with Crippen LogP contribution in [0.4, 0.5) is 0 Å². The van der Waals surface area contributed by atoms with E-state index in [-0.39, 0.29) is 5.56 Å². The summed E-state index contributed by atoms with van der Waals surface area (Å²) in [5.74, 6) is -0.922. The van der Waals surface area contributed by atoms with Crippen molar-refractivity contribution in [1.82, 2.24) is 9.55 Å². The molecular weight excluding hydrogens is 244 g/mol. The van der Waals surface area contributed by atoms with E-state index in [4.69, 9.17) is 9.84 Å². The number of nitrogens with zero attached hydrogens (tertiary/aromatic N) is 2. The first kappa shape index (κ1) is 13.5. The van der Waals surface area contributed by atoms with Gasteiger partial charge in [-0.2, -0.15) is 0 Å². The molecule has 2 rings (SSSR count). The Morgan fingerprint density at radius 3 is 3.00 bits per heavy atom. The van der Waals surface area contributed by atoms with Crippen LogP contribution in [0, 0.1) is 0 Å². The lowest BCUT2D eigenvalue weighted by Gasteiger charge is -2.06. The number of carbonyl (C=O) groups is 1. The Bertz CT molecular complexity index is 563. The number of aromatic nitrogens is 2. The predicted octanol–water partition coefficient (Wildman–Crippen LogP) is 2.55. The maximum atomic E-state index is 11.0. The minimum Gasteiger partial charge on any atom is -0.478 e. The van der Waals surface area contributed by atoms with Crippen LogP contribution in [0.3, 0.4) is 0 Å². The van der Waals surface area contributed by atoms with E-state index in [0.29, 0.717) is 13.2 Å². The van der Waals surface area contributed by atoms with Crippen molar-refractivity contribution in [3.8, 4) is 0 Å². The van der Waals surface area contributed by atoms with Crippen molar-refractivity contribution >= 4 is 17.0 Å². The van der Waals surface area contributed by atoms with Crippen LogP contribution in [-0.4, -0.2) is 33.8 Å². The number of unbranched alkanes of at least 4 members (excludes halogenated alkanes) is 1. The molecule has 0 fully saturated rings. The van der Waals surface area contributed by atoms with Crippen LogP contribution in [0.1, 0.15) is 30.1 Å². The van der Waals surface area contributed by atoms with Crippen LogP contribution in [0.5, 0.6) is 0 Å². The predicted molar refractivity (Wildman–Crippen MR) is 72.4 cm³/mol. The summed E-state index contributed by atoms with van der Waals surface area (Å²) < 4.78 is 7.43. The van der Waals surface area contributed by atoms with Gasteiger partial charge in [-0.25, -0.2) is 9.78 Å². The Hall–Kier alpha value is -1.88. The van der Waals surface area contributed by atoms with Crippen molar-refractivity contribution in [2.75, 3.05) is 13.2 Å². The van der Waals surface area contributed by atoms with Gasteiger partial charge < -0.3 is 14.4 Å². The van der Waals surface area contributed by atoms with E-state index >= 15 is 0 Å². The highest BCUT2D eigenvalue weighted by atomic mass is 16.5. The van der Waals surface area contributed by atoms with Gasteiger partial charge in [-0.05, 0) is 24.6 Å². The van der Waals surface area contributed by atoms with Gasteiger partial charge in [0.05, 0.1) is 29.5 Å². The Balaban J connectivity index is 2.06. The third-order valence-electron chi connectivity index (χ3n) is 2.99. The molecule has 0 atom stereocenters. The standard InChI is InChI=1S/C14H18N2O3/c1-2-3-7-19-8-6-16-10-15-12-5-4-11(14(17)18)9-13(12)16/h4-5,9-10H,2-3,6-8H2,1H3,(H,17,18). The van der Waals surface area contributed by atoms with E-state index in [1.54, 1.807) is 24.5 Å². The molecule has 1 aromatic heterocycles. The molecule has 0 aliphatic rings. The van der Waals surface area contributed by atoms with Crippen LogP contribution < -0.4 is 0 Å². The second-order valence-corrected chi connectivity index (χ2v) is 4.41. The summed E-state index contributed by atoms with van der Waals surface area (Å²) in [5.41, 5.74) is 1.92. The van der Waals surface area contributed by atoms with Crippen molar-refractivity contribution < 1.29 is 14.6 Å². The van der Waals surface area contributed by atoms with Gasteiger partial charge in [0.25, 0.3) is 0 Å². The second kappa shape index (κ2) is 6.33. The average Bonchev–Trinajstić information content (AvgIpc) is 2.81. The topological polar surface area (TPSA) is 64.4 Å². The summed E-state index contributed by atoms with van der Waals surface area (Å²) in [6.45, 7) is 4.19. The number of rotatable bonds is 7. The van der Waals surface area contributed by atoms with Crippen molar-refractivity contribution in [2.45, 2.75) is 26.3 Å². The maximum Gasteiger partial charge on any atom is 0.335 e. The zero-order chi connectivity index (χ0) is 13.7. The van der Waals surface area contributed by atoms with Gasteiger partial charge in [-0.3, -0.25) is 0 Å². The van der Waals surface area contributed by atoms with E-state index in [1.807, 2.05) is 4.57 Å². The summed E-state index contributed by atoms with van der Waals surface area (Å²) in [4.78, 5) is 15.2. The first-order valence-corrected chi connectivity index (χ1v) is 6.48. The molecule has 0 saturated heterocycles. The molecule has 0 amide bonds. The van der Waals surface area contributed by atoms with Gasteiger partial charge in [0.2, 0.25) is 0 Å². The van der Waals surface area contributed by atoms with Crippen LogP contribution in [-0.2, 0) is 11.3 Å². The highest BCUT2D eigenvalue weighted by Gasteiger charge is 2.07. The number of hydrogen-bond acceptors (Lipinski definition) is 3. The fourth-order valence-corrected chi connectivity index (χ4v) is 1.88. The van der Waals surface area contributed by atoms with Gasteiger partial charge >= 0.3 is 5.97 Å². The SMILES string of the molecule is CCCCOCCn1cnc2ccc(C(=O)O)cc21. The van der Waals surface area contributed by atoms with E-state index in [1.165, 1.54) is 0 Å². The average molecular weight is 262 g/mol. The Kier molecular flexibility index (Phi) is 4.52. The molecule has 2 aromatic rings. The summed E-state index contributed by atoms with van der Waals surface area (Å²) in [7, 11) is 0. The lowest BCUT2D eigenvalue weighted by atomic mass is 10.2. The minimum atomic E-state index is -0.922. The number of aromatic carboxylic acids is 1. The van der Waals surface area contributed by atoms with Crippen molar-refractivity contribution in [3.63, 3.8) is 0 Å². The molecular formula is C14H18N2O3. The first-order chi connectivity index (χ1) is 9.22. The third-order valence-corrected chi connectivity index (χ3v) is 2.99. The lowest BCUT2D eigenvalue weighted by molar-refractivity contribution is 0.0697. The summed E-state index contributed by atoms with van der Waals surface area (Å²) in [5, 5.41) is 8.99. The molecule has 0 bridgehead atoms. The van der Waals surface area contributed by atoms with Gasteiger partial charge in [-0.1, -0.05) is 13.3 Å². The van der Waals surface area contributed by atoms with E-state index in [0.717, 1.165) is 30.5 Å². The van der Waals surface area contributed by atoms with Crippen molar-refractivity contribution in [2.24, 2.45) is 0 Å². The molecule has 0 aliphatic heterocycles. The molecule has 0 spiro atoms. The normalized spacial score (nSPS) is 11.0. The number of hydrogen-bond donors (Lipinski definition) is 1. The Morgan fingerprint density at radius 2 is 2.26 bits per heavy atom. The zero-order valence-corrected chi connectivity index (χ0v) is 11.0. The fourth-order valence-electron chi connectivity index (χ4n) is 1.88. The number of fused-ring (bicyclic) bond motifs is 1. The number of benzene rings is 1. The first-order valence-electron chi connectivity index (χ1n) is 6.48. The molecule has 0 saturated carbocycles. The smallest absolute Gasteiger partial charge is 0.335 e. The van der Waals surface area contributed by atoms with Gasteiger partial charge in [-0.15, -0.1) is 0 Å². The summed E-state index contributed by atoms with van der Waals surface area (Å²) >= 11 is 0. The molecule has 19 heavy (non-hydrogen) atoms. The molecule has 0 unspecified atom stereocenters. The highest BCUT2D eigenvalue weighted by molar-refractivity contribution is 5.92. The molecule has 5 nitrogen and oxygen atoms in total. The van der Waals surface area contributed by atoms with Crippen LogP contribution in [0.2, 0.25) is 0 Å². The fraction of sp³-hybridized carbons (Fsp3) is 0.429. The number of ether oxygens (including phenoxy) is 1. The monoisotopic (exact) mass is 262 g/mol. The van der Waals surface area contributed by atoms with Gasteiger partial charge in [0, 0.05) is 13.2 Å². The third kappa shape index (κ3) is 3.32. The maximum absolute atomic E-state index is 11.0. The van der Waals surface area contributed by atoms with E-state index in [2.05, 4.69) is 11.9 Å². The number of carboxylic acid groups (broad SMARTS) is 1. The largest absolute Gasteiger partial charge is 0.478 e. The van der Waals surface area contributed by atoms with Crippen LogP contribution in [0.15, 0.2) is 24.5 Å². The lowest BCUT2D eigenvalue weighted by Crippen LogP contribution is -2.06. The Morgan fingerprint density at radius 1 is 1.42 bits per heavy atom. The molecule has 0 aliphatic carbocycles. The molecule has 0 radical (unpaired) electrons.